The van der Waals surface area contributed by atoms with Gasteiger partial charge in [0.05, 0.1) is 17.5 Å². The van der Waals surface area contributed by atoms with Crippen LogP contribution in [0.25, 0.3) is 0 Å². The van der Waals surface area contributed by atoms with Gasteiger partial charge in [-0.25, -0.2) is 9.37 Å². The molecule has 2 aliphatic heterocycles. The van der Waals surface area contributed by atoms with Crippen LogP contribution in [0.3, 0.4) is 0 Å². The second-order valence-corrected chi connectivity index (χ2v) is 12.7. The molecule has 10 heteroatoms. The molecule has 6 rings (SSSR count). The van der Waals surface area contributed by atoms with Crippen LogP contribution < -0.4 is 10.1 Å². The molecular formula is C33H35FN4O4S. The van der Waals surface area contributed by atoms with Crippen LogP contribution in [0.4, 0.5) is 4.39 Å². The molecule has 1 aliphatic carbocycles. The van der Waals surface area contributed by atoms with E-state index in [0.29, 0.717) is 55.5 Å². The molecule has 1 saturated heterocycles. The van der Waals surface area contributed by atoms with Gasteiger partial charge in [0.15, 0.2) is 0 Å². The second kappa shape index (κ2) is 13.2. The number of halogens is 1. The summed E-state index contributed by atoms with van der Waals surface area (Å²) >= 11 is 1.91. The third kappa shape index (κ3) is 6.59. The average molecular weight is 603 g/mol. The summed E-state index contributed by atoms with van der Waals surface area (Å²) in [6.45, 7) is 0. The molecule has 43 heavy (non-hydrogen) atoms. The van der Waals surface area contributed by atoms with Gasteiger partial charge in [-0.15, -0.1) is 0 Å². The van der Waals surface area contributed by atoms with Gasteiger partial charge in [0, 0.05) is 24.2 Å². The van der Waals surface area contributed by atoms with Crippen molar-refractivity contribution in [3.63, 3.8) is 0 Å². The minimum atomic E-state index is -0.585. The molecule has 0 bridgehead atoms. The van der Waals surface area contributed by atoms with E-state index in [1.807, 2.05) is 30.0 Å². The molecule has 2 fully saturated rings. The van der Waals surface area contributed by atoms with E-state index in [9.17, 15) is 18.8 Å². The Morgan fingerprint density at radius 3 is 2.49 bits per heavy atom. The highest BCUT2D eigenvalue weighted by Gasteiger charge is 2.42. The highest BCUT2D eigenvalue weighted by atomic mass is 32.2. The number of pyridine rings is 2. The minimum absolute atomic E-state index is 0.133. The maximum Gasteiger partial charge on any atom is 0.262 e. The number of nitrogens with zero attached hydrogens (tertiary/aromatic N) is 3. The molecule has 1 saturated carbocycles. The topological polar surface area (TPSA) is 101 Å². The zero-order valence-electron chi connectivity index (χ0n) is 23.9. The number of aryl methyl sites for hydroxylation is 1. The molecule has 3 amide bonds. The molecule has 0 spiro atoms. The quantitative estimate of drug-likeness (QED) is 0.355. The van der Waals surface area contributed by atoms with Crippen LogP contribution in [-0.4, -0.2) is 56.2 Å². The molecule has 8 nitrogen and oxygen atoms in total. The number of amides is 3. The third-order valence-electron chi connectivity index (χ3n) is 8.84. The smallest absolute Gasteiger partial charge is 0.262 e. The summed E-state index contributed by atoms with van der Waals surface area (Å²) in [6, 6.07) is 13.3. The van der Waals surface area contributed by atoms with Crippen molar-refractivity contribution in [3.8, 4) is 11.6 Å². The zero-order valence-corrected chi connectivity index (χ0v) is 24.7. The number of rotatable bonds is 6. The fourth-order valence-corrected chi connectivity index (χ4v) is 7.71. The third-order valence-corrected chi connectivity index (χ3v) is 9.89. The van der Waals surface area contributed by atoms with Gasteiger partial charge in [0.1, 0.15) is 17.1 Å². The van der Waals surface area contributed by atoms with Gasteiger partial charge in [-0.05, 0) is 99.1 Å². The second-order valence-electron chi connectivity index (χ2n) is 11.5. The van der Waals surface area contributed by atoms with Crippen LogP contribution in [0, 0.1) is 17.7 Å². The predicted octanol–water partition coefficient (Wildman–Crippen LogP) is 5.82. The molecule has 0 unspecified atom stereocenters. The van der Waals surface area contributed by atoms with E-state index in [1.165, 1.54) is 11.0 Å². The lowest BCUT2D eigenvalue weighted by Crippen LogP contribution is -2.52. The summed E-state index contributed by atoms with van der Waals surface area (Å²) in [5.41, 5.74) is 1.08. The van der Waals surface area contributed by atoms with E-state index < -0.39 is 11.7 Å². The van der Waals surface area contributed by atoms with E-state index in [4.69, 9.17) is 4.74 Å². The van der Waals surface area contributed by atoms with E-state index in [0.717, 1.165) is 30.5 Å². The Bertz CT molecular complexity index is 1470. The van der Waals surface area contributed by atoms with Crippen molar-refractivity contribution in [1.29, 1.82) is 0 Å². The average Bonchev–Trinajstić information content (AvgIpc) is 3.03. The number of benzene rings is 1. The number of fused-ring (bicyclic) bond motifs is 1. The molecule has 1 N–H and O–H groups in total. The van der Waals surface area contributed by atoms with Gasteiger partial charge in [0.2, 0.25) is 11.8 Å². The summed E-state index contributed by atoms with van der Waals surface area (Å²) in [4.78, 5) is 51.3. The largest absolute Gasteiger partial charge is 0.438 e. The maximum atomic E-state index is 14.2. The summed E-state index contributed by atoms with van der Waals surface area (Å²) in [6.07, 6.45) is 8.03. The Kier molecular flexibility index (Phi) is 9.02. The number of thioether (sulfide) groups is 1. The monoisotopic (exact) mass is 602 g/mol. The van der Waals surface area contributed by atoms with Gasteiger partial charge in [0.25, 0.3) is 11.8 Å². The summed E-state index contributed by atoms with van der Waals surface area (Å²) in [5.74, 6) is 1.36. The first-order valence-corrected chi connectivity index (χ1v) is 16.2. The fraction of sp³-hybridized carbons (Fsp3) is 0.424. The van der Waals surface area contributed by atoms with E-state index in [2.05, 4.69) is 15.3 Å². The number of aromatic nitrogens is 2. The molecule has 0 radical (unpaired) electrons. The Labute approximate surface area is 254 Å². The van der Waals surface area contributed by atoms with Crippen molar-refractivity contribution < 1.29 is 23.5 Å². The van der Waals surface area contributed by atoms with E-state index >= 15 is 0 Å². The van der Waals surface area contributed by atoms with Crippen molar-refractivity contribution in [2.75, 3.05) is 11.5 Å². The van der Waals surface area contributed by atoms with Gasteiger partial charge in [-0.2, -0.15) is 11.8 Å². The van der Waals surface area contributed by atoms with Gasteiger partial charge >= 0.3 is 0 Å². The molecular weight excluding hydrogens is 567 g/mol. The summed E-state index contributed by atoms with van der Waals surface area (Å²) < 4.78 is 20.1. The van der Waals surface area contributed by atoms with Crippen molar-refractivity contribution in [1.82, 2.24) is 20.2 Å². The van der Waals surface area contributed by atoms with Crippen molar-refractivity contribution in [2.24, 2.45) is 11.8 Å². The SMILES string of the molecule is O=C(NC1CCC(N2C(=O)c3cc(F)cnc3CC[C@H](C3CCSCC3)C2=O)CC1)c1cccnc1Oc1ccccc1. The standard InChI is InChI=1S/C33H35FN4O4S/c34-22-19-28-29(36-20-22)13-12-26(21-14-17-43-18-15-21)32(40)38(33(28)41)24-10-8-23(9-11-24)37-30(39)27-7-4-16-35-31(27)42-25-5-2-1-3-6-25/h1-7,16,19-21,23-24,26H,8-15,17-18H2,(H,37,39)/t23?,24?,26-/m1/s1. The van der Waals surface area contributed by atoms with Crippen molar-refractivity contribution in [2.45, 2.75) is 63.5 Å². The predicted molar refractivity (Wildman–Crippen MR) is 161 cm³/mol. The Morgan fingerprint density at radius 1 is 0.953 bits per heavy atom. The number of ether oxygens (including phenoxy) is 1. The van der Waals surface area contributed by atoms with Crippen LogP contribution in [0.5, 0.6) is 11.6 Å². The summed E-state index contributed by atoms with van der Waals surface area (Å²) in [7, 11) is 0. The fourth-order valence-electron chi connectivity index (χ4n) is 6.56. The van der Waals surface area contributed by atoms with Gasteiger partial charge < -0.3 is 10.1 Å². The van der Waals surface area contributed by atoms with Crippen LogP contribution in [0.2, 0.25) is 0 Å². The first kappa shape index (κ1) is 29.3. The number of hydrogen-bond donors (Lipinski definition) is 1. The Hall–Kier alpha value is -3.79. The number of carbonyl (C=O) groups excluding carboxylic acids is 3. The molecule has 4 heterocycles. The Balaban J connectivity index is 1.17. The lowest BCUT2D eigenvalue weighted by atomic mass is 9.80. The zero-order chi connectivity index (χ0) is 29.8. The highest BCUT2D eigenvalue weighted by Crippen LogP contribution is 2.37. The molecule has 3 aliphatic rings. The normalized spacial score (nSPS) is 23.2. The first-order chi connectivity index (χ1) is 21.0. The molecule has 3 aromatic rings. The van der Waals surface area contributed by atoms with E-state index in [-0.39, 0.29) is 47.2 Å². The number of nitrogens with one attached hydrogen (secondary N) is 1. The number of imide groups is 1. The van der Waals surface area contributed by atoms with E-state index in [1.54, 1.807) is 30.5 Å². The van der Waals surface area contributed by atoms with Crippen molar-refractivity contribution in [3.05, 3.63) is 83.6 Å². The highest BCUT2D eigenvalue weighted by molar-refractivity contribution is 7.99. The lowest BCUT2D eigenvalue weighted by Gasteiger charge is -2.40. The first-order valence-electron chi connectivity index (χ1n) is 15.1. The Morgan fingerprint density at radius 2 is 1.72 bits per heavy atom. The van der Waals surface area contributed by atoms with Crippen LogP contribution >= 0.6 is 11.8 Å². The number of hydrogen-bond acceptors (Lipinski definition) is 7. The molecule has 224 valence electrons. The lowest BCUT2D eigenvalue weighted by molar-refractivity contribution is -0.137. The molecule has 2 aromatic heterocycles. The minimum Gasteiger partial charge on any atom is -0.438 e. The number of carbonyl (C=O) groups is 3. The number of para-hydroxylation sites is 1. The summed E-state index contributed by atoms with van der Waals surface area (Å²) in [5, 5.41) is 3.10. The van der Waals surface area contributed by atoms with Crippen molar-refractivity contribution >= 4 is 29.5 Å². The maximum absolute atomic E-state index is 14.2. The molecule has 1 aromatic carbocycles. The van der Waals surface area contributed by atoms with Gasteiger partial charge in [-0.3, -0.25) is 24.3 Å². The molecule has 1 atom stereocenters. The van der Waals surface area contributed by atoms with Crippen LogP contribution in [0.1, 0.15) is 71.4 Å². The van der Waals surface area contributed by atoms with Crippen LogP contribution in [0.15, 0.2) is 60.9 Å². The van der Waals surface area contributed by atoms with Gasteiger partial charge in [-0.1, -0.05) is 18.2 Å². The van der Waals surface area contributed by atoms with Crippen LogP contribution in [-0.2, 0) is 11.2 Å².